The molecule has 0 radical (unpaired) electrons. The largest absolute Gasteiger partial charge is 0.478 e. The Balaban J connectivity index is 2.83. The van der Waals surface area contributed by atoms with Crippen molar-refractivity contribution in [1.82, 2.24) is 5.32 Å². The normalized spacial score (nSPS) is 12.8. The Morgan fingerprint density at radius 3 is 2.67 bits per heavy atom. The van der Waals surface area contributed by atoms with Gasteiger partial charge in [-0.15, -0.1) is 11.3 Å². The number of rotatable bonds is 7. The second kappa shape index (κ2) is 7.95. The molecule has 0 spiro atoms. The van der Waals surface area contributed by atoms with Gasteiger partial charge in [0.25, 0.3) is 5.91 Å². The summed E-state index contributed by atoms with van der Waals surface area (Å²) in [5.74, 6) is -0.899. The molecular weight excluding hydrogens is 290 g/mol. The first-order chi connectivity index (χ1) is 9.85. The molecule has 0 aliphatic rings. The van der Waals surface area contributed by atoms with E-state index in [1.54, 1.807) is 13.2 Å². The first-order valence-corrected chi connectivity index (χ1v) is 7.48. The van der Waals surface area contributed by atoms with Crippen molar-refractivity contribution >= 4 is 29.3 Å². The lowest BCUT2D eigenvalue weighted by atomic mass is 10.1. The Bertz CT molecular complexity index is 534. The van der Waals surface area contributed by atoms with E-state index in [0.717, 1.165) is 16.5 Å². The number of ether oxygens (including phenoxy) is 1. The fourth-order valence-electron chi connectivity index (χ4n) is 1.74. The molecule has 1 unspecified atom stereocenters. The van der Waals surface area contributed by atoms with E-state index in [1.165, 1.54) is 17.4 Å². The summed E-state index contributed by atoms with van der Waals surface area (Å²) in [5.41, 5.74) is 0.885. The van der Waals surface area contributed by atoms with Crippen molar-refractivity contribution < 1.29 is 19.4 Å². The minimum atomic E-state index is -1.01. The number of hydrogen-bond donors (Lipinski definition) is 2. The van der Waals surface area contributed by atoms with Gasteiger partial charge in [0, 0.05) is 18.1 Å². The van der Waals surface area contributed by atoms with Crippen molar-refractivity contribution in [3.8, 4) is 0 Å². The van der Waals surface area contributed by atoms with Crippen LogP contribution in [0.25, 0.3) is 6.08 Å². The summed E-state index contributed by atoms with van der Waals surface area (Å²) in [4.78, 5) is 24.1. The SMILES string of the molecule is COCC(NC(=O)c1cc(C)c(/C=C/C(=O)O)s1)C(C)C. The average Bonchev–Trinajstić information content (AvgIpc) is 2.77. The van der Waals surface area contributed by atoms with Crippen LogP contribution in [0.3, 0.4) is 0 Å². The van der Waals surface area contributed by atoms with Crippen LogP contribution >= 0.6 is 11.3 Å². The molecule has 2 N–H and O–H groups in total. The maximum absolute atomic E-state index is 12.2. The molecule has 1 atom stereocenters. The molecule has 1 rings (SSSR count). The van der Waals surface area contributed by atoms with Gasteiger partial charge in [-0.3, -0.25) is 4.79 Å². The van der Waals surface area contributed by atoms with Gasteiger partial charge in [0.1, 0.15) is 0 Å². The van der Waals surface area contributed by atoms with Crippen molar-refractivity contribution in [2.24, 2.45) is 5.92 Å². The van der Waals surface area contributed by atoms with Gasteiger partial charge in [-0.05, 0) is 30.5 Å². The highest BCUT2D eigenvalue weighted by Gasteiger charge is 2.18. The van der Waals surface area contributed by atoms with E-state index in [0.29, 0.717) is 11.5 Å². The minimum absolute atomic E-state index is 0.0529. The van der Waals surface area contributed by atoms with Crippen LogP contribution < -0.4 is 5.32 Å². The Labute approximate surface area is 128 Å². The average molecular weight is 311 g/mol. The van der Waals surface area contributed by atoms with Crippen LogP contribution in [-0.2, 0) is 9.53 Å². The van der Waals surface area contributed by atoms with Gasteiger partial charge in [0.15, 0.2) is 0 Å². The standard InChI is InChI=1S/C15H21NO4S/c1-9(2)11(8-20-4)16-15(19)13-7-10(3)12(21-13)5-6-14(17)18/h5-7,9,11H,8H2,1-4H3,(H,16,19)(H,17,18)/b6-5+. The summed E-state index contributed by atoms with van der Waals surface area (Å²) in [6.45, 7) is 6.35. The highest BCUT2D eigenvalue weighted by atomic mass is 32.1. The second-order valence-electron chi connectivity index (χ2n) is 5.11. The lowest BCUT2D eigenvalue weighted by molar-refractivity contribution is -0.131. The van der Waals surface area contributed by atoms with Gasteiger partial charge in [-0.25, -0.2) is 4.79 Å². The molecular formula is C15H21NO4S. The molecule has 0 fully saturated rings. The van der Waals surface area contributed by atoms with Crippen molar-refractivity contribution in [1.29, 1.82) is 0 Å². The van der Waals surface area contributed by atoms with Crippen LogP contribution in [0, 0.1) is 12.8 Å². The predicted octanol–water partition coefficient (Wildman–Crippen LogP) is 2.56. The van der Waals surface area contributed by atoms with Crippen molar-refractivity contribution in [3.63, 3.8) is 0 Å². The number of carbonyl (C=O) groups excluding carboxylic acids is 1. The summed E-state index contributed by atoms with van der Waals surface area (Å²) < 4.78 is 5.11. The molecule has 5 nitrogen and oxygen atoms in total. The number of aryl methyl sites for hydroxylation is 1. The van der Waals surface area contributed by atoms with Gasteiger partial charge < -0.3 is 15.2 Å². The van der Waals surface area contributed by atoms with E-state index in [-0.39, 0.29) is 17.9 Å². The number of nitrogens with one attached hydrogen (secondary N) is 1. The highest BCUT2D eigenvalue weighted by molar-refractivity contribution is 7.15. The lowest BCUT2D eigenvalue weighted by Gasteiger charge is -2.21. The first-order valence-electron chi connectivity index (χ1n) is 6.66. The van der Waals surface area contributed by atoms with Crippen molar-refractivity contribution in [2.75, 3.05) is 13.7 Å². The summed E-state index contributed by atoms with van der Waals surface area (Å²) in [7, 11) is 1.60. The predicted molar refractivity (Wildman–Crippen MR) is 83.7 cm³/mol. The number of hydrogen-bond acceptors (Lipinski definition) is 4. The summed E-state index contributed by atoms with van der Waals surface area (Å²) in [6.07, 6.45) is 2.58. The molecule has 0 aliphatic heterocycles. The molecule has 0 bridgehead atoms. The quantitative estimate of drug-likeness (QED) is 0.759. The van der Waals surface area contributed by atoms with E-state index in [4.69, 9.17) is 9.84 Å². The van der Waals surface area contributed by atoms with Crippen molar-refractivity contribution in [3.05, 3.63) is 27.5 Å². The van der Waals surface area contributed by atoms with Crippen LogP contribution in [0.5, 0.6) is 0 Å². The fourth-order valence-corrected chi connectivity index (χ4v) is 2.72. The highest BCUT2D eigenvalue weighted by Crippen LogP contribution is 2.23. The summed E-state index contributed by atoms with van der Waals surface area (Å²) in [6, 6.07) is 1.72. The maximum atomic E-state index is 12.2. The van der Waals surface area contributed by atoms with E-state index < -0.39 is 5.97 Å². The number of thiophene rings is 1. The third kappa shape index (κ3) is 5.32. The lowest BCUT2D eigenvalue weighted by Crippen LogP contribution is -2.41. The van der Waals surface area contributed by atoms with E-state index >= 15 is 0 Å². The monoisotopic (exact) mass is 311 g/mol. The number of carboxylic acids is 1. The van der Waals surface area contributed by atoms with Gasteiger partial charge in [0.2, 0.25) is 0 Å². The van der Waals surface area contributed by atoms with Crippen LogP contribution in [0.1, 0.15) is 34.0 Å². The van der Waals surface area contributed by atoms with Crippen LogP contribution in [0.15, 0.2) is 12.1 Å². The third-order valence-electron chi connectivity index (χ3n) is 3.02. The summed E-state index contributed by atoms with van der Waals surface area (Å²) in [5, 5.41) is 11.6. The first kappa shape index (κ1) is 17.4. The second-order valence-corrected chi connectivity index (χ2v) is 6.19. The molecule has 0 aliphatic carbocycles. The minimum Gasteiger partial charge on any atom is -0.478 e. The van der Waals surface area contributed by atoms with Gasteiger partial charge in [-0.1, -0.05) is 13.8 Å². The molecule has 116 valence electrons. The topological polar surface area (TPSA) is 75.6 Å². The zero-order chi connectivity index (χ0) is 16.0. The number of carbonyl (C=O) groups is 2. The van der Waals surface area contributed by atoms with Crippen LogP contribution in [0.4, 0.5) is 0 Å². The number of amides is 1. The molecule has 0 saturated heterocycles. The van der Waals surface area contributed by atoms with E-state index in [1.807, 2.05) is 20.8 Å². The maximum Gasteiger partial charge on any atom is 0.328 e. The van der Waals surface area contributed by atoms with Gasteiger partial charge in [-0.2, -0.15) is 0 Å². The van der Waals surface area contributed by atoms with Gasteiger partial charge >= 0.3 is 5.97 Å². The Morgan fingerprint density at radius 2 is 2.14 bits per heavy atom. The van der Waals surface area contributed by atoms with Crippen LogP contribution in [-0.4, -0.2) is 36.7 Å². The zero-order valence-corrected chi connectivity index (χ0v) is 13.5. The molecule has 1 amide bonds. The molecule has 0 saturated carbocycles. The number of methoxy groups -OCH3 is 1. The molecule has 6 heteroatoms. The molecule has 1 heterocycles. The summed E-state index contributed by atoms with van der Waals surface area (Å²) >= 11 is 1.28. The number of carboxylic acid groups (broad SMARTS) is 1. The Kier molecular flexibility index (Phi) is 6.58. The number of aliphatic carboxylic acids is 1. The zero-order valence-electron chi connectivity index (χ0n) is 12.7. The van der Waals surface area contributed by atoms with Crippen molar-refractivity contribution in [2.45, 2.75) is 26.8 Å². The van der Waals surface area contributed by atoms with Gasteiger partial charge in [0.05, 0.1) is 17.5 Å². The molecule has 1 aromatic rings. The molecule has 1 aromatic heterocycles. The Hall–Kier alpha value is -1.66. The van der Waals surface area contributed by atoms with E-state index in [2.05, 4.69) is 5.32 Å². The Morgan fingerprint density at radius 1 is 1.48 bits per heavy atom. The molecule has 21 heavy (non-hydrogen) atoms. The smallest absolute Gasteiger partial charge is 0.328 e. The fraction of sp³-hybridized carbons (Fsp3) is 0.467. The molecule has 0 aromatic carbocycles. The third-order valence-corrected chi connectivity index (χ3v) is 4.23. The van der Waals surface area contributed by atoms with Crippen LogP contribution in [0.2, 0.25) is 0 Å². The van der Waals surface area contributed by atoms with E-state index in [9.17, 15) is 9.59 Å².